The van der Waals surface area contributed by atoms with Gasteiger partial charge in [-0.15, -0.1) is 0 Å². The number of benzene rings is 2. The second-order valence-corrected chi connectivity index (χ2v) is 18.8. The van der Waals surface area contributed by atoms with E-state index < -0.39 is 124 Å². The number of carbonyl (C=O) groups is 6. The van der Waals surface area contributed by atoms with Crippen LogP contribution in [0.1, 0.15) is 103 Å². The van der Waals surface area contributed by atoms with Crippen molar-refractivity contribution in [1.82, 2.24) is 5.32 Å². The first-order valence-electron chi connectivity index (χ1n) is 20.6. The molecule has 4 aliphatic carbocycles. The van der Waals surface area contributed by atoms with Crippen molar-refractivity contribution in [3.05, 3.63) is 82.9 Å². The highest BCUT2D eigenvalue weighted by Crippen LogP contribution is 2.77. The van der Waals surface area contributed by atoms with Gasteiger partial charge < -0.3 is 44.3 Å². The Morgan fingerprint density at radius 2 is 1.54 bits per heavy atom. The molecule has 4 N–H and O–H groups in total. The number of amides is 1. The second-order valence-electron chi connectivity index (χ2n) is 18.8. The van der Waals surface area contributed by atoms with Crippen LogP contribution in [-0.4, -0.2) is 104 Å². The first-order valence-corrected chi connectivity index (χ1v) is 20.6. The molecule has 3 saturated carbocycles. The largest absolute Gasteiger partial charge is 0.456 e. The van der Waals surface area contributed by atoms with Crippen LogP contribution in [-0.2, 0) is 42.9 Å². The number of rotatable bonds is 10. The van der Waals surface area contributed by atoms with E-state index in [4.69, 9.17) is 23.7 Å². The summed E-state index contributed by atoms with van der Waals surface area (Å²) in [6, 6.07) is 15.0. The van der Waals surface area contributed by atoms with E-state index in [1.54, 1.807) is 102 Å². The monoisotopic (exact) mass is 845 g/mol. The zero-order valence-electron chi connectivity index (χ0n) is 35.7. The average molecular weight is 846 g/mol. The normalized spacial score (nSPS) is 34.3. The summed E-state index contributed by atoms with van der Waals surface area (Å²) in [7, 11) is 0. The number of ether oxygens (including phenoxy) is 5. The molecule has 1 heterocycles. The molecule has 2 aromatic carbocycles. The maximum atomic E-state index is 15.5. The Morgan fingerprint density at radius 1 is 0.918 bits per heavy atom. The lowest BCUT2D eigenvalue weighted by atomic mass is 9.43. The van der Waals surface area contributed by atoms with Crippen molar-refractivity contribution < 1.29 is 67.8 Å². The summed E-state index contributed by atoms with van der Waals surface area (Å²) in [4.78, 5) is 83.4. The van der Waals surface area contributed by atoms with Gasteiger partial charge in [-0.05, 0) is 63.2 Å². The first kappa shape index (κ1) is 44.1. The first-order chi connectivity index (χ1) is 28.4. The zero-order valence-corrected chi connectivity index (χ0v) is 35.7. The van der Waals surface area contributed by atoms with E-state index in [2.05, 4.69) is 5.32 Å². The molecule has 328 valence electrons. The van der Waals surface area contributed by atoms with E-state index in [0.717, 1.165) is 13.8 Å². The van der Waals surface area contributed by atoms with E-state index in [9.17, 15) is 39.3 Å². The van der Waals surface area contributed by atoms with E-state index in [0.29, 0.717) is 5.56 Å². The highest BCUT2D eigenvalue weighted by atomic mass is 16.6. The topological polar surface area (TPSA) is 221 Å². The Kier molecular flexibility index (Phi) is 10.9. The number of fused-ring (bicyclic) bond motifs is 4. The van der Waals surface area contributed by atoms with E-state index in [1.807, 2.05) is 0 Å². The van der Waals surface area contributed by atoms with Crippen LogP contribution in [0.15, 0.2) is 71.8 Å². The molecule has 1 unspecified atom stereocenters. The number of nitrogens with one attached hydrogen (secondary N) is 1. The number of aliphatic hydroxyl groups is 3. The quantitative estimate of drug-likeness (QED) is 0.114. The summed E-state index contributed by atoms with van der Waals surface area (Å²) in [5.74, 6) is -6.29. The molecule has 15 heteroatoms. The summed E-state index contributed by atoms with van der Waals surface area (Å²) < 4.78 is 29.5. The fraction of sp³-hybridized carbons (Fsp3) is 0.565. The number of hydrogen-bond donors (Lipinski definition) is 4. The molecule has 61 heavy (non-hydrogen) atoms. The van der Waals surface area contributed by atoms with Crippen LogP contribution >= 0.6 is 0 Å². The number of carbonyl (C=O) groups excluding carboxylic acids is 6. The van der Waals surface area contributed by atoms with E-state index in [1.165, 1.54) is 0 Å². The maximum Gasteiger partial charge on any atom is 0.408 e. The molecular weight excluding hydrogens is 790 g/mol. The molecule has 0 aromatic heterocycles. The summed E-state index contributed by atoms with van der Waals surface area (Å²) in [6.45, 7) is 11.6. The predicted octanol–water partition coefficient (Wildman–Crippen LogP) is 4.25. The Balaban J connectivity index is 1.40. The lowest BCUT2D eigenvalue weighted by Gasteiger charge is -2.68. The van der Waals surface area contributed by atoms with Crippen molar-refractivity contribution in [2.75, 3.05) is 6.61 Å². The third-order valence-electron chi connectivity index (χ3n) is 13.9. The van der Waals surface area contributed by atoms with Gasteiger partial charge in [-0.25, -0.2) is 9.59 Å². The van der Waals surface area contributed by atoms with Crippen molar-refractivity contribution in [1.29, 1.82) is 0 Å². The van der Waals surface area contributed by atoms with Crippen LogP contribution in [0.4, 0.5) is 4.79 Å². The molecule has 2 aromatic rings. The van der Waals surface area contributed by atoms with Crippen molar-refractivity contribution in [3.63, 3.8) is 0 Å². The number of aliphatic hydroxyl groups excluding tert-OH is 1. The standard InChI is InChI=1S/C46H55NO14/c1-24-31(59-39(53)36(51)35(28-17-13-10-14-18-28)47-40(54)61-41(4,5)6)22-44(55)32(20-30(50)27-15-11-9-12-16-27)46(56)43(38(52)37(58-25(2)48)34(24)42(44,7)8)21-29(43)19-33-45(46,23-57-33)60-26(3)49/h9-18,29,31-33,35-37,51,55-56H,19-23H2,1-8H3,(H,47,54)/t29-,31+,32-,33-,35?,36-,37-,43+,44-,45+,46-/m1/s1. The molecule has 11 atom stereocenters. The van der Waals surface area contributed by atoms with Crippen LogP contribution in [0.5, 0.6) is 0 Å². The van der Waals surface area contributed by atoms with Crippen molar-refractivity contribution in [3.8, 4) is 0 Å². The van der Waals surface area contributed by atoms with Gasteiger partial charge in [0.1, 0.15) is 23.4 Å². The molecule has 2 bridgehead atoms. The average Bonchev–Trinajstić information content (AvgIpc) is 3.92. The third-order valence-corrected chi connectivity index (χ3v) is 13.9. The van der Waals surface area contributed by atoms with Gasteiger partial charge in [0.25, 0.3) is 0 Å². The second kappa shape index (κ2) is 15.1. The molecule has 7 rings (SSSR count). The van der Waals surface area contributed by atoms with Crippen LogP contribution in [0.25, 0.3) is 0 Å². The van der Waals surface area contributed by atoms with Crippen molar-refractivity contribution in [2.45, 2.75) is 134 Å². The summed E-state index contributed by atoms with van der Waals surface area (Å²) in [5, 5.41) is 42.0. The molecule has 5 aliphatic rings. The minimum Gasteiger partial charge on any atom is -0.456 e. The SMILES string of the molecule is CC(=O)O[C@H]1C(=O)[C@]23C[C@H]2C[C@H]2OC[C@@]2(OC(C)=O)[C@@]3(O)[C@H](CC(=O)c2ccccc2)[C@]2(O)C[C@H](OC(=O)[C@H](O)C(NC(=O)OC(C)(C)C)c3ccccc3)C(C)=C1C2(C)C. The zero-order chi connectivity index (χ0) is 44.7. The Bertz CT molecular complexity index is 2160. The highest BCUT2D eigenvalue weighted by Gasteiger charge is 2.90. The minimum absolute atomic E-state index is 0.0535. The molecule has 1 saturated heterocycles. The highest BCUT2D eigenvalue weighted by molar-refractivity contribution is 6.00. The Hall–Kier alpha value is -4.96. The number of Topliss-reactive ketones (excluding diaryl/α,β-unsaturated/α-hetero) is 2. The Labute approximate surface area is 354 Å². The maximum absolute atomic E-state index is 15.5. The number of alkyl carbamates (subject to hydrolysis) is 1. The van der Waals surface area contributed by atoms with Crippen molar-refractivity contribution in [2.24, 2.45) is 22.7 Å². The minimum atomic E-state index is -2.51. The number of hydrogen-bond acceptors (Lipinski definition) is 14. The summed E-state index contributed by atoms with van der Waals surface area (Å²) in [6.07, 6.45) is -7.91. The van der Waals surface area contributed by atoms with Crippen LogP contribution < -0.4 is 5.32 Å². The van der Waals surface area contributed by atoms with Crippen molar-refractivity contribution >= 4 is 35.6 Å². The van der Waals surface area contributed by atoms with Gasteiger partial charge in [0.05, 0.1) is 23.7 Å². The number of ketones is 2. The van der Waals surface area contributed by atoms with Crippen LogP contribution in [0, 0.1) is 22.7 Å². The summed E-state index contributed by atoms with van der Waals surface area (Å²) in [5.41, 5.74) is -10.2. The van der Waals surface area contributed by atoms with Gasteiger partial charge in [-0.2, -0.15) is 0 Å². The lowest BCUT2D eigenvalue weighted by molar-refractivity contribution is -0.371. The predicted molar refractivity (Wildman–Crippen MR) is 214 cm³/mol. The Morgan fingerprint density at radius 3 is 2.10 bits per heavy atom. The fourth-order valence-corrected chi connectivity index (χ4v) is 11.1. The van der Waals surface area contributed by atoms with Crippen LogP contribution in [0.3, 0.4) is 0 Å². The number of esters is 3. The molecule has 1 amide bonds. The fourth-order valence-electron chi connectivity index (χ4n) is 11.1. The molecule has 1 spiro atoms. The van der Waals surface area contributed by atoms with Gasteiger partial charge >= 0.3 is 24.0 Å². The van der Waals surface area contributed by atoms with E-state index in [-0.39, 0.29) is 36.2 Å². The molecular formula is C46H55NO14. The third kappa shape index (κ3) is 6.88. The molecule has 0 radical (unpaired) electrons. The van der Waals surface area contributed by atoms with E-state index >= 15 is 4.79 Å². The smallest absolute Gasteiger partial charge is 0.408 e. The van der Waals surface area contributed by atoms with Gasteiger partial charge in [0.15, 0.2) is 29.4 Å². The van der Waals surface area contributed by atoms with Crippen LogP contribution in [0.2, 0.25) is 0 Å². The molecule has 1 aliphatic heterocycles. The molecule has 15 nitrogen and oxygen atoms in total. The van der Waals surface area contributed by atoms with Gasteiger partial charge in [0, 0.05) is 43.6 Å². The summed E-state index contributed by atoms with van der Waals surface area (Å²) >= 11 is 0. The van der Waals surface area contributed by atoms with Gasteiger partial charge in [-0.3, -0.25) is 19.2 Å². The van der Waals surface area contributed by atoms with Gasteiger partial charge in [-0.1, -0.05) is 74.5 Å². The van der Waals surface area contributed by atoms with Gasteiger partial charge in [0.2, 0.25) is 0 Å². The lowest BCUT2D eigenvalue weighted by Crippen LogP contribution is -2.85. The molecule has 4 fully saturated rings.